The normalized spacial score (nSPS) is 24.7. The Balaban J connectivity index is 0.929. The van der Waals surface area contributed by atoms with Crippen LogP contribution in [0.2, 0.25) is 0 Å². The molecular weight excluding hydrogens is 854 g/mol. The molecule has 0 spiro atoms. The van der Waals surface area contributed by atoms with E-state index in [1.54, 1.807) is 21.9 Å². The minimum absolute atomic E-state index is 0.0921. The molecule has 17 nitrogen and oxygen atoms in total. The minimum atomic E-state index is -0.867. The highest BCUT2D eigenvalue weighted by Gasteiger charge is 2.44. The number of rotatable bonds is 13. The monoisotopic (exact) mass is 911 g/mol. The average Bonchev–Trinajstić information content (AvgIpc) is 4.20. The highest BCUT2D eigenvalue weighted by atomic mass is 19.1. The van der Waals surface area contributed by atoms with Gasteiger partial charge in [-0.2, -0.15) is 0 Å². The number of halogens is 1. The Morgan fingerprint density at radius 3 is 1.39 bits per heavy atom. The second kappa shape index (κ2) is 20.9. The molecule has 5 fully saturated rings. The SMILES string of the molecule is COC(=O)N[C@H](C(=O)N1CCC[C@H]1C(=O)Nc1ccc([C@H]2CC[C@H](c3ccc(NC(=O)[C@@H]4CCCN4C(=O)[C@@H](NC(=O)OC)[C@@H]4CCOC4)cc3)N2c2ccc(F)cc2)cc1)[C@@H]1CCOC1. The van der Waals surface area contributed by atoms with Crippen LogP contribution in [0.4, 0.5) is 31.0 Å². The van der Waals surface area contributed by atoms with Gasteiger partial charge in [0.2, 0.25) is 23.6 Å². The predicted octanol–water partition coefficient (Wildman–Crippen LogP) is 5.29. The van der Waals surface area contributed by atoms with Crippen molar-refractivity contribution in [2.75, 3.05) is 69.3 Å². The van der Waals surface area contributed by atoms with Crippen molar-refractivity contribution in [3.63, 3.8) is 0 Å². The number of hydrogen-bond acceptors (Lipinski definition) is 11. The Morgan fingerprint density at radius 1 is 0.591 bits per heavy atom. The molecule has 0 aliphatic carbocycles. The van der Waals surface area contributed by atoms with E-state index in [1.165, 1.54) is 26.4 Å². The molecule has 5 saturated heterocycles. The van der Waals surface area contributed by atoms with Gasteiger partial charge in [-0.3, -0.25) is 19.2 Å². The number of anilines is 3. The van der Waals surface area contributed by atoms with Gasteiger partial charge in [0.1, 0.15) is 30.0 Å². The molecule has 8 rings (SSSR count). The number of hydrogen-bond donors (Lipinski definition) is 4. The molecule has 352 valence electrons. The molecule has 0 unspecified atom stereocenters. The molecule has 0 saturated carbocycles. The summed E-state index contributed by atoms with van der Waals surface area (Å²) in [6.07, 6.45) is 3.60. The topological polar surface area (TPSA) is 197 Å². The lowest BCUT2D eigenvalue weighted by molar-refractivity contribution is -0.139. The fourth-order valence-electron chi connectivity index (χ4n) is 10.2. The minimum Gasteiger partial charge on any atom is -0.453 e. The van der Waals surface area contributed by atoms with Gasteiger partial charge in [0.05, 0.1) is 39.5 Å². The van der Waals surface area contributed by atoms with Gasteiger partial charge in [-0.25, -0.2) is 14.0 Å². The van der Waals surface area contributed by atoms with Gasteiger partial charge in [-0.1, -0.05) is 24.3 Å². The van der Waals surface area contributed by atoms with Crippen LogP contribution in [0.3, 0.4) is 0 Å². The molecule has 4 N–H and O–H groups in total. The second-order valence-corrected chi connectivity index (χ2v) is 17.6. The molecule has 5 aliphatic heterocycles. The molecule has 0 radical (unpaired) electrons. The number of benzene rings is 3. The first-order valence-corrected chi connectivity index (χ1v) is 22.8. The lowest BCUT2D eigenvalue weighted by Crippen LogP contribution is -2.55. The van der Waals surface area contributed by atoms with E-state index >= 15 is 0 Å². The number of likely N-dealkylation sites (tertiary alicyclic amines) is 2. The summed E-state index contributed by atoms with van der Waals surface area (Å²) in [6.45, 7) is 2.41. The van der Waals surface area contributed by atoms with Gasteiger partial charge in [-0.05, 0) is 111 Å². The molecule has 3 aromatic rings. The number of nitrogens with one attached hydrogen (secondary N) is 4. The number of alkyl carbamates (subject to hydrolysis) is 2. The van der Waals surface area contributed by atoms with Gasteiger partial charge in [-0.15, -0.1) is 0 Å². The summed E-state index contributed by atoms with van der Waals surface area (Å²) in [6, 6.07) is 18.3. The zero-order valence-corrected chi connectivity index (χ0v) is 37.2. The van der Waals surface area contributed by atoms with Crippen LogP contribution in [0.25, 0.3) is 0 Å². The molecule has 18 heteroatoms. The second-order valence-electron chi connectivity index (χ2n) is 17.6. The number of carbonyl (C=O) groups is 6. The van der Waals surface area contributed by atoms with Crippen LogP contribution in [0.1, 0.15) is 74.6 Å². The van der Waals surface area contributed by atoms with Gasteiger partial charge < -0.3 is 54.9 Å². The molecule has 5 heterocycles. The average molecular weight is 912 g/mol. The third kappa shape index (κ3) is 10.2. The van der Waals surface area contributed by atoms with Crippen LogP contribution in [0, 0.1) is 17.7 Å². The van der Waals surface area contributed by atoms with Crippen LogP contribution in [0.15, 0.2) is 72.8 Å². The fourth-order valence-corrected chi connectivity index (χ4v) is 10.2. The van der Waals surface area contributed by atoms with Crippen molar-refractivity contribution >= 4 is 52.9 Å². The summed E-state index contributed by atoms with van der Waals surface area (Å²) in [5.74, 6) is -2.09. The summed E-state index contributed by atoms with van der Waals surface area (Å²) in [4.78, 5) is 84.8. The maximum Gasteiger partial charge on any atom is 0.407 e. The first kappa shape index (κ1) is 46.3. The standard InChI is InChI=1S/C48H58FN7O10/c1-63-47(61)52-41(31-21-25-65-27-31)45(59)54-23-3-5-39(54)43(57)50-34-13-7-29(8-14-34)37-19-20-38(56(37)36-17-11-33(49)12-18-36)30-9-15-35(16-10-30)51-44(58)40-6-4-24-55(40)46(60)42(53-48(62)64-2)32-22-26-66-28-32/h7-18,31-32,37-42H,3-6,19-28H2,1-2H3,(H,50,57)(H,51,58)(H,52,61)(H,53,62)/t31-,32-,37-,38-,39+,40+,41+,42+/m1/s1. The summed E-state index contributed by atoms with van der Waals surface area (Å²) in [7, 11) is 2.48. The van der Waals surface area contributed by atoms with Crippen molar-refractivity contribution in [2.24, 2.45) is 11.8 Å². The van der Waals surface area contributed by atoms with Crippen LogP contribution in [-0.4, -0.2) is 124 Å². The van der Waals surface area contributed by atoms with Crippen LogP contribution < -0.4 is 26.2 Å². The first-order valence-electron chi connectivity index (χ1n) is 22.8. The largest absolute Gasteiger partial charge is 0.453 e. The first-order chi connectivity index (χ1) is 32.0. The molecule has 0 bridgehead atoms. The Morgan fingerprint density at radius 2 is 1.02 bits per heavy atom. The van der Waals surface area contributed by atoms with E-state index in [0.29, 0.717) is 89.4 Å². The zero-order valence-electron chi connectivity index (χ0n) is 37.2. The molecule has 8 atom stereocenters. The van der Waals surface area contributed by atoms with E-state index in [2.05, 4.69) is 26.2 Å². The van der Waals surface area contributed by atoms with Crippen LogP contribution in [-0.2, 0) is 38.1 Å². The van der Waals surface area contributed by atoms with E-state index in [9.17, 15) is 33.2 Å². The van der Waals surface area contributed by atoms with Crippen molar-refractivity contribution in [1.29, 1.82) is 0 Å². The van der Waals surface area contributed by atoms with Crippen LogP contribution >= 0.6 is 0 Å². The summed E-state index contributed by atoms with van der Waals surface area (Å²) in [5, 5.41) is 11.3. The number of ether oxygens (including phenoxy) is 4. The fraction of sp³-hybridized carbons (Fsp3) is 0.500. The maximum atomic E-state index is 14.2. The Labute approximate surface area is 383 Å². The van der Waals surface area contributed by atoms with Crippen LogP contribution in [0.5, 0.6) is 0 Å². The van der Waals surface area contributed by atoms with Crippen molar-refractivity contribution in [1.82, 2.24) is 20.4 Å². The van der Waals surface area contributed by atoms with Gasteiger partial charge >= 0.3 is 12.2 Å². The molecule has 6 amide bonds. The molecule has 3 aromatic carbocycles. The van der Waals surface area contributed by atoms with Gasteiger partial charge in [0, 0.05) is 55.2 Å². The Kier molecular flexibility index (Phi) is 14.7. The maximum absolute atomic E-state index is 14.2. The highest BCUT2D eigenvalue weighted by Crippen LogP contribution is 2.47. The highest BCUT2D eigenvalue weighted by molar-refractivity contribution is 5.99. The lowest BCUT2D eigenvalue weighted by Gasteiger charge is -2.33. The smallest absolute Gasteiger partial charge is 0.407 e. The Hall–Kier alpha value is -6.27. The number of nitrogens with zero attached hydrogens (tertiary/aromatic N) is 3. The third-order valence-electron chi connectivity index (χ3n) is 13.6. The molecular formula is C48H58FN7O10. The zero-order chi connectivity index (χ0) is 46.3. The van der Waals surface area contributed by atoms with E-state index in [1.807, 2.05) is 48.5 Å². The van der Waals surface area contributed by atoms with Gasteiger partial charge in [0.15, 0.2) is 0 Å². The van der Waals surface area contributed by atoms with E-state index in [-0.39, 0.29) is 53.4 Å². The number of amides is 6. The predicted molar refractivity (Wildman–Crippen MR) is 240 cm³/mol. The molecule has 0 aromatic heterocycles. The van der Waals surface area contributed by atoms with Crippen molar-refractivity contribution < 1.29 is 52.1 Å². The Bertz CT molecular complexity index is 2090. The molecule has 66 heavy (non-hydrogen) atoms. The van der Waals surface area contributed by atoms with Gasteiger partial charge in [0.25, 0.3) is 0 Å². The molecule has 5 aliphatic rings. The summed E-state index contributed by atoms with van der Waals surface area (Å²) >= 11 is 0. The summed E-state index contributed by atoms with van der Waals surface area (Å²) < 4.78 is 34.8. The van der Waals surface area contributed by atoms with E-state index in [4.69, 9.17) is 18.9 Å². The lowest BCUT2D eigenvalue weighted by atomic mass is 9.97. The number of carbonyl (C=O) groups excluding carboxylic acids is 6. The quantitative estimate of drug-likeness (QED) is 0.174. The van der Waals surface area contributed by atoms with E-state index in [0.717, 1.165) is 29.7 Å². The number of methoxy groups -OCH3 is 2. The van der Waals surface area contributed by atoms with Crippen molar-refractivity contribution in [3.05, 3.63) is 89.7 Å². The van der Waals surface area contributed by atoms with Crippen molar-refractivity contribution in [3.8, 4) is 0 Å². The summed E-state index contributed by atoms with van der Waals surface area (Å²) in [5.41, 5.74) is 3.98. The van der Waals surface area contributed by atoms with E-state index < -0.39 is 36.4 Å². The third-order valence-corrected chi connectivity index (χ3v) is 13.6. The van der Waals surface area contributed by atoms with Crippen molar-refractivity contribution in [2.45, 2.75) is 87.6 Å².